The summed E-state index contributed by atoms with van der Waals surface area (Å²) in [5.41, 5.74) is 1.98. The van der Waals surface area contributed by atoms with Crippen LogP contribution in [0.5, 0.6) is 11.5 Å². The molecule has 0 fully saturated rings. The molecule has 6 heteroatoms. The maximum atomic E-state index is 12.5. The maximum absolute atomic E-state index is 12.5. The highest BCUT2D eigenvalue weighted by atomic mass is 16.5. The van der Waals surface area contributed by atoms with Crippen LogP contribution in [0.25, 0.3) is 10.8 Å². The Morgan fingerprint density at radius 2 is 1.64 bits per heavy atom. The lowest BCUT2D eigenvalue weighted by atomic mass is 10.0. The second-order valence-electron chi connectivity index (χ2n) is 7.79. The molecule has 0 saturated heterocycles. The van der Waals surface area contributed by atoms with Crippen LogP contribution >= 0.6 is 0 Å². The molecule has 0 bridgehead atoms. The van der Waals surface area contributed by atoms with Crippen molar-refractivity contribution in [2.75, 3.05) is 19.8 Å². The van der Waals surface area contributed by atoms with Gasteiger partial charge in [0.2, 0.25) is 11.8 Å². The summed E-state index contributed by atoms with van der Waals surface area (Å²) >= 11 is 0. The minimum absolute atomic E-state index is 0.179. The van der Waals surface area contributed by atoms with Crippen LogP contribution in [0.15, 0.2) is 60.7 Å². The first-order chi connectivity index (χ1) is 16.0. The van der Waals surface area contributed by atoms with Crippen LogP contribution in [0, 0.1) is 0 Å². The number of hydrogen-bond acceptors (Lipinski definition) is 4. The van der Waals surface area contributed by atoms with Crippen LogP contribution in [0.4, 0.5) is 0 Å². The quantitative estimate of drug-likeness (QED) is 0.464. The lowest BCUT2D eigenvalue weighted by Gasteiger charge is -2.15. The first kappa shape index (κ1) is 24.1. The first-order valence-corrected chi connectivity index (χ1v) is 11.4. The largest absolute Gasteiger partial charge is 0.490 e. The highest BCUT2D eigenvalue weighted by Crippen LogP contribution is 2.28. The van der Waals surface area contributed by atoms with Crippen molar-refractivity contribution < 1.29 is 19.1 Å². The van der Waals surface area contributed by atoms with Gasteiger partial charge in [-0.1, -0.05) is 48.5 Å². The number of fused-ring (bicyclic) bond motifs is 1. The first-order valence-electron chi connectivity index (χ1n) is 11.4. The van der Waals surface area contributed by atoms with Crippen LogP contribution in [-0.2, 0) is 22.4 Å². The lowest BCUT2D eigenvalue weighted by molar-refractivity contribution is -0.128. The summed E-state index contributed by atoms with van der Waals surface area (Å²) in [4.78, 5) is 25.0. The molecule has 0 aromatic heterocycles. The van der Waals surface area contributed by atoms with E-state index >= 15 is 0 Å². The Morgan fingerprint density at radius 3 is 2.42 bits per heavy atom. The third-order valence-corrected chi connectivity index (χ3v) is 5.32. The second kappa shape index (κ2) is 11.9. The molecule has 0 unspecified atom stereocenters. The number of nitrogens with one attached hydrogen (secondary N) is 2. The van der Waals surface area contributed by atoms with E-state index in [2.05, 4.69) is 10.6 Å². The van der Waals surface area contributed by atoms with Crippen molar-refractivity contribution in [1.82, 2.24) is 10.6 Å². The zero-order valence-corrected chi connectivity index (χ0v) is 19.5. The van der Waals surface area contributed by atoms with E-state index in [1.807, 2.05) is 74.5 Å². The number of rotatable bonds is 11. The van der Waals surface area contributed by atoms with E-state index in [4.69, 9.17) is 9.47 Å². The number of hydrogen-bond donors (Lipinski definition) is 2. The van der Waals surface area contributed by atoms with Gasteiger partial charge in [0.1, 0.15) is 6.04 Å². The van der Waals surface area contributed by atoms with Crippen molar-refractivity contribution in [1.29, 1.82) is 0 Å². The van der Waals surface area contributed by atoms with Crippen molar-refractivity contribution in [3.05, 3.63) is 71.8 Å². The number of benzene rings is 3. The number of ether oxygens (including phenoxy) is 2. The van der Waals surface area contributed by atoms with Crippen molar-refractivity contribution in [2.24, 2.45) is 0 Å². The van der Waals surface area contributed by atoms with Gasteiger partial charge in [0.15, 0.2) is 11.5 Å². The molecule has 0 aliphatic rings. The molecule has 0 aliphatic heterocycles. The van der Waals surface area contributed by atoms with Crippen LogP contribution in [0.1, 0.15) is 31.9 Å². The molecule has 6 nitrogen and oxygen atoms in total. The average Bonchev–Trinajstić information content (AvgIpc) is 2.81. The van der Waals surface area contributed by atoms with Gasteiger partial charge < -0.3 is 20.1 Å². The standard InChI is InChI=1S/C27H32N2O4/c1-4-32-24-14-13-20(17-25(24)33-5-2)15-16-28-27(31)19(3)29-26(30)18-22-11-8-10-21-9-6-7-12-23(21)22/h6-14,17,19H,4-5,15-16,18H2,1-3H3,(H,28,31)(H,29,30)/t19-/m0/s1. The summed E-state index contributed by atoms with van der Waals surface area (Å²) in [5, 5.41) is 7.84. The molecule has 3 rings (SSSR count). The Balaban J connectivity index is 1.49. The summed E-state index contributed by atoms with van der Waals surface area (Å²) in [5.74, 6) is 1.03. The predicted molar refractivity (Wildman–Crippen MR) is 131 cm³/mol. The van der Waals surface area contributed by atoms with Gasteiger partial charge in [0.25, 0.3) is 0 Å². The van der Waals surface area contributed by atoms with E-state index in [9.17, 15) is 9.59 Å². The van der Waals surface area contributed by atoms with Crippen LogP contribution in [0.2, 0.25) is 0 Å². The highest BCUT2D eigenvalue weighted by molar-refractivity contribution is 5.92. The molecule has 3 aromatic rings. The van der Waals surface area contributed by atoms with Crippen LogP contribution in [0.3, 0.4) is 0 Å². The van der Waals surface area contributed by atoms with Crippen LogP contribution in [-0.4, -0.2) is 37.6 Å². The summed E-state index contributed by atoms with van der Waals surface area (Å²) < 4.78 is 11.2. The van der Waals surface area contributed by atoms with Crippen molar-refractivity contribution in [3.63, 3.8) is 0 Å². The fourth-order valence-corrected chi connectivity index (χ4v) is 3.71. The Hall–Kier alpha value is -3.54. The smallest absolute Gasteiger partial charge is 0.242 e. The highest BCUT2D eigenvalue weighted by Gasteiger charge is 2.16. The maximum Gasteiger partial charge on any atom is 0.242 e. The predicted octanol–water partition coefficient (Wildman–Crippen LogP) is 4.04. The van der Waals surface area contributed by atoms with E-state index in [0.29, 0.717) is 31.9 Å². The molecule has 3 aromatic carbocycles. The molecule has 0 saturated carbocycles. The molecule has 0 aliphatic carbocycles. The third-order valence-electron chi connectivity index (χ3n) is 5.32. The molecule has 2 N–H and O–H groups in total. The molecule has 0 heterocycles. The summed E-state index contributed by atoms with van der Waals surface area (Å²) in [6, 6.07) is 19.1. The van der Waals surface area contributed by atoms with Gasteiger partial charge in [-0.25, -0.2) is 0 Å². The summed E-state index contributed by atoms with van der Waals surface area (Å²) in [6.45, 7) is 7.14. The Kier molecular flexibility index (Phi) is 8.70. The van der Waals surface area contributed by atoms with E-state index in [1.165, 1.54) is 0 Å². The molecule has 1 atom stereocenters. The van der Waals surface area contributed by atoms with E-state index in [1.54, 1.807) is 6.92 Å². The van der Waals surface area contributed by atoms with Gasteiger partial charge in [-0.15, -0.1) is 0 Å². The van der Waals surface area contributed by atoms with E-state index in [0.717, 1.165) is 27.6 Å². The minimum atomic E-state index is -0.619. The van der Waals surface area contributed by atoms with Gasteiger partial charge in [0, 0.05) is 6.54 Å². The molecule has 174 valence electrons. The zero-order chi connectivity index (χ0) is 23.6. The molecular formula is C27H32N2O4. The van der Waals surface area contributed by atoms with E-state index < -0.39 is 6.04 Å². The van der Waals surface area contributed by atoms with Gasteiger partial charge in [0.05, 0.1) is 19.6 Å². The Morgan fingerprint density at radius 1 is 0.909 bits per heavy atom. The fourth-order valence-electron chi connectivity index (χ4n) is 3.71. The molecular weight excluding hydrogens is 416 g/mol. The topological polar surface area (TPSA) is 76.7 Å². The molecule has 33 heavy (non-hydrogen) atoms. The molecule has 0 radical (unpaired) electrons. The summed E-state index contributed by atoms with van der Waals surface area (Å²) in [6.07, 6.45) is 0.875. The number of carbonyl (C=O) groups excluding carboxylic acids is 2. The molecule has 0 spiro atoms. The monoisotopic (exact) mass is 448 g/mol. The van der Waals surface area contributed by atoms with Crippen molar-refractivity contribution in [3.8, 4) is 11.5 Å². The second-order valence-corrected chi connectivity index (χ2v) is 7.79. The average molecular weight is 449 g/mol. The van der Waals surface area contributed by atoms with Crippen molar-refractivity contribution >= 4 is 22.6 Å². The normalized spacial score (nSPS) is 11.6. The van der Waals surface area contributed by atoms with Gasteiger partial charge in [-0.05, 0) is 61.2 Å². The Labute approximate surface area is 195 Å². The van der Waals surface area contributed by atoms with Gasteiger partial charge in [-0.2, -0.15) is 0 Å². The third kappa shape index (κ3) is 6.72. The molecule has 2 amide bonds. The lowest BCUT2D eigenvalue weighted by Crippen LogP contribution is -2.45. The zero-order valence-electron chi connectivity index (χ0n) is 19.5. The summed E-state index contributed by atoms with van der Waals surface area (Å²) in [7, 11) is 0. The van der Waals surface area contributed by atoms with Gasteiger partial charge >= 0.3 is 0 Å². The Bertz CT molecular complexity index is 1090. The SMILES string of the molecule is CCOc1ccc(CCNC(=O)[C@H](C)NC(=O)Cc2cccc3ccccc23)cc1OCC. The minimum Gasteiger partial charge on any atom is -0.490 e. The van der Waals surface area contributed by atoms with Gasteiger partial charge in [-0.3, -0.25) is 9.59 Å². The van der Waals surface area contributed by atoms with E-state index in [-0.39, 0.29) is 18.2 Å². The van der Waals surface area contributed by atoms with Crippen LogP contribution < -0.4 is 20.1 Å². The number of carbonyl (C=O) groups is 2. The fraction of sp³-hybridized carbons (Fsp3) is 0.333. The number of amides is 2. The van der Waals surface area contributed by atoms with Crippen molar-refractivity contribution in [2.45, 2.75) is 39.7 Å².